The third kappa shape index (κ3) is 4.81. The van der Waals surface area contributed by atoms with E-state index in [2.05, 4.69) is 25.3 Å². The second kappa shape index (κ2) is 12.3. The summed E-state index contributed by atoms with van der Waals surface area (Å²) in [6.07, 6.45) is 2.96. The van der Waals surface area contributed by atoms with Crippen LogP contribution in [0, 0.1) is 17.8 Å². The molecule has 3 saturated heterocycles. The molecule has 3 aliphatic heterocycles. The molecule has 0 aliphatic carbocycles. The van der Waals surface area contributed by atoms with E-state index < -0.39 is 41.6 Å². The summed E-state index contributed by atoms with van der Waals surface area (Å²) in [5.74, 6) is -2.72. The van der Waals surface area contributed by atoms with Crippen LogP contribution in [0.4, 0.5) is 11.4 Å². The van der Waals surface area contributed by atoms with Gasteiger partial charge in [0, 0.05) is 31.0 Å². The van der Waals surface area contributed by atoms with Crippen molar-refractivity contribution in [2.24, 2.45) is 17.8 Å². The normalized spacial score (nSPS) is 28.2. The fourth-order valence-electron chi connectivity index (χ4n) is 7.08. The van der Waals surface area contributed by atoms with Gasteiger partial charge in [0.25, 0.3) is 5.91 Å². The molecule has 0 saturated carbocycles. The summed E-state index contributed by atoms with van der Waals surface area (Å²) in [5.41, 5.74) is 0.590. The number of benzene rings is 1. The van der Waals surface area contributed by atoms with Crippen molar-refractivity contribution in [3.8, 4) is 0 Å². The maximum absolute atomic E-state index is 14.7. The molecule has 0 aromatic heterocycles. The van der Waals surface area contributed by atoms with Crippen molar-refractivity contribution >= 4 is 29.2 Å². The standard InChI is InChI=1S/C31H45N3O6/c1-7-18-33(22-14-12-21(13-15-22)32(9-3)10-4)29(37)27-31-17-16-24(40-31)25(30(38)39-11-5)26(31)28(36)34(27)23(19-35)20(6)8-2/h7,12-15,20,23-27,35H,1,8-11,16-19H2,2-6H3/t20-,23-,24-,25+,26-,27?,31?/m0/s1. The minimum absolute atomic E-state index is 0.0704. The number of carbonyl (C=O) groups is 3. The van der Waals surface area contributed by atoms with Crippen molar-refractivity contribution in [3.05, 3.63) is 36.9 Å². The average Bonchev–Trinajstić information content (AvgIpc) is 3.60. The Bertz CT molecular complexity index is 1090. The number of esters is 1. The summed E-state index contributed by atoms with van der Waals surface area (Å²) in [6, 6.07) is 6.24. The van der Waals surface area contributed by atoms with Gasteiger partial charge in [0.1, 0.15) is 11.6 Å². The highest BCUT2D eigenvalue weighted by Gasteiger charge is 2.75. The Morgan fingerprint density at radius 2 is 1.85 bits per heavy atom. The zero-order valence-electron chi connectivity index (χ0n) is 24.5. The fraction of sp³-hybridized carbons (Fsp3) is 0.645. The van der Waals surface area contributed by atoms with Crippen LogP contribution >= 0.6 is 0 Å². The van der Waals surface area contributed by atoms with Crippen molar-refractivity contribution in [2.75, 3.05) is 42.6 Å². The van der Waals surface area contributed by atoms with Gasteiger partial charge in [0.15, 0.2) is 0 Å². The van der Waals surface area contributed by atoms with E-state index in [-0.39, 0.29) is 37.5 Å². The Morgan fingerprint density at radius 1 is 1.20 bits per heavy atom. The van der Waals surface area contributed by atoms with Crippen LogP contribution in [-0.4, -0.2) is 84.4 Å². The van der Waals surface area contributed by atoms with Crippen LogP contribution in [0.1, 0.15) is 53.9 Å². The van der Waals surface area contributed by atoms with Gasteiger partial charge in [-0.1, -0.05) is 26.3 Å². The van der Waals surface area contributed by atoms with Gasteiger partial charge in [0.05, 0.1) is 37.2 Å². The van der Waals surface area contributed by atoms with Crippen molar-refractivity contribution < 1.29 is 29.0 Å². The third-order valence-electron chi connectivity index (χ3n) is 9.24. The first-order valence-corrected chi connectivity index (χ1v) is 14.8. The molecule has 1 aromatic carbocycles. The number of aliphatic hydroxyl groups excluding tert-OH is 1. The van der Waals surface area contributed by atoms with Crippen LogP contribution in [0.25, 0.3) is 0 Å². The largest absolute Gasteiger partial charge is 0.466 e. The molecular weight excluding hydrogens is 510 g/mol. The number of rotatable bonds is 13. The Balaban J connectivity index is 1.79. The number of hydrogen-bond donors (Lipinski definition) is 1. The van der Waals surface area contributed by atoms with Crippen molar-refractivity contribution in [2.45, 2.75) is 77.7 Å². The zero-order valence-corrected chi connectivity index (χ0v) is 24.5. The summed E-state index contributed by atoms with van der Waals surface area (Å²) in [4.78, 5) is 47.4. The Morgan fingerprint density at radius 3 is 2.40 bits per heavy atom. The average molecular weight is 556 g/mol. The molecule has 40 heavy (non-hydrogen) atoms. The Kier molecular flexibility index (Phi) is 9.25. The Labute approximate surface area is 238 Å². The minimum atomic E-state index is -1.16. The van der Waals surface area contributed by atoms with Crippen molar-refractivity contribution in [1.29, 1.82) is 0 Å². The van der Waals surface area contributed by atoms with E-state index in [0.717, 1.165) is 18.8 Å². The van der Waals surface area contributed by atoms with Crippen LogP contribution in [0.5, 0.6) is 0 Å². The highest BCUT2D eigenvalue weighted by molar-refractivity contribution is 6.05. The lowest BCUT2D eigenvalue weighted by Gasteiger charge is -2.41. The van der Waals surface area contributed by atoms with Gasteiger partial charge in [-0.3, -0.25) is 14.4 Å². The van der Waals surface area contributed by atoms with Gasteiger partial charge in [-0.2, -0.15) is 0 Å². The second-order valence-electron chi connectivity index (χ2n) is 11.1. The summed E-state index contributed by atoms with van der Waals surface area (Å²) in [7, 11) is 0. The fourth-order valence-corrected chi connectivity index (χ4v) is 7.08. The van der Waals surface area contributed by atoms with Crippen LogP contribution in [0.3, 0.4) is 0 Å². The number of likely N-dealkylation sites (tertiary alicyclic amines) is 1. The maximum atomic E-state index is 14.7. The predicted octanol–water partition coefficient (Wildman–Crippen LogP) is 3.40. The number of carbonyl (C=O) groups excluding carboxylic acids is 3. The predicted molar refractivity (Wildman–Crippen MR) is 154 cm³/mol. The van der Waals surface area contributed by atoms with E-state index in [0.29, 0.717) is 24.9 Å². The number of hydrogen-bond acceptors (Lipinski definition) is 7. The molecule has 4 rings (SSSR count). The summed E-state index contributed by atoms with van der Waals surface area (Å²) in [6.45, 7) is 15.7. The van der Waals surface area contributed by atoms with Crippen LogP contribution in [-0.2, 0) is 23.9 Å². The smallest absolute Gasteiger partial charge is 0.312 e. The van der Waals surface area contributed by atoms with Crippen LogP contribution in [0.15, 0.2) is 36.9 Å². The quantitative estimate of drug-likeness (QED) is 0.294. The van der Waals surface area contributed by atoms with Gasteiger partial charge >= 0.3 is 5.97 Å². The minimum Gasteiger partial charge on any atom is -0.466 e. The molecule has 220 valence electrons. The lowest BCUT2D eigenvalue weighted by Crippen LogP contribution is -2.60. The Hall–Kier alpha value is -2.91. The molecule has 1 spiro atoms. The van der Waals surface area contributed by atoms with Gasteiger partial charge in [-0.25, -0.2) is 0 Å². The molecule has 3 heterocycles. The summed E-state index contributed by atoms with van der Waals surface area (Å²) in [5, 5.41) is 10.5. The SMILES string of the molecule is C=CCN(C(=O)C1N([C@@H](CO)[C@@H](C)CC)C(=O)[C@@H]2[C@H](C(=O)OCC)[C@@H]3CCC12O3)c1ccc(N(CC)CC)cc1. The molecule has 1 N–H and O–H groups in total. The molecular formula is C31H45N3O6. The lowest BCUT2D eigenvalue weighted by atomic mass is 9.70. The number of nitrogens with zero attached hydrogens (tertiary/aromatic N) is 3. The van der Waals surface area contributed by atoms with E-state index in [9.17, 15) is 19.5 Å². The first-order valence-electron chi connectivity index (χ1n) is 14.8. The third-order valence-corrected chi connectivity index (χ3v) is 9.24. The first-order chi connectivity index (χ1) is 19.2. The molecule has 9 nitrogen and oxygen atoms in total. The van der Waals surface area contributed by atoms with E-state index in [4.69, 9.17) is 9.47 Å². The number of aliphatic hydroxyl groups is 1. The van der Waals surface area contributed by atoms with Crippen molar-refractivity contribution in [1.82, 2.24) is 4.90 Å². The maximum Gasteiger partial charge on any atom is 0.312 e. The molecule has 3 fully saturated rings. The van der Waals surface area contributed by atoms with Gasteiger partial charge in [-0.15, -0.1) is 6.58 Å². The lowest BCUT2D eigenvalue weighted by molar-refractivity contribution is -0.155. The molecule has 1 aromatic rings. The van der Waals surface area contributed by atoms with E-state index in [1.807, 2.05) is 38.1 Å². The number of ether oxygens (including phenoxy) is 2. The molecule has 2 unspecified atom stereocenters. The van der Waals surface area contributed by atoms with Gasteiger partial charge in [0.2, 0.25) is 5.91 Å². The first kappa shape index (κ1) is 30.1. The monoisotopic (exact) mass is 555 g/mol. The highest BCUT2D eigenvalue weighted by atomic mass is 16.6. The molecule has 3 aliphatic rings. The zero-order chi connectivity index (χ0) is 29.2. The molecule has 7 atom stereocenters. The molecule has 9 heteroatoms. The van der Waals surface area contributed by atoms with Gasteiger partial charge in [-0.05, 0) is 63.8 Å². The number of amides is 2. The second-order valence-corrected chi connectivity index (χ2v) is 11.1. The van der Waals surface area contributed by atoms with E-state index >= 15 is 0 Å². The highest BCUT2D eigenvalue weighted by Crippen LogP contribution is 2.59. The summed E-state index contributed by atoms with van der Waals surface area (Å²) >= 11 is 0. The number of fused-ring (bicyclic) bond motifs is 1. The molecule has 0 radical (unpaired) electrons. The van der Waals surface area contributed by atoms with E-state index in [1.54, 1.807) is 22.8 Å². The molecule has 2 amide bonds. The van der Waals surface area contributed by atoms with Gasteiger partial charge < -0.3 is 29.3 Å². The van der Waals surface area contributed by atoms with Crippen LogP contribution < -0.4 is 9.80 Å². The topological polar surface area (TPSA) is 99.6 Å². The summed E-state index contributed by atoms with van der Waals surface area (Å²) < 4.78 is 11.9. The molecule has 2 bridgehead atoms. The van der Waals surface area contributed by atoms with E-state index in [1.165, 1.54) is 0 Å². The van der Waals surface area contributed by atoms with Crippen molar-refractivity contribution in [3.63, 3.8) is 0 Å². The number of anilines is 2. The van der Waals surface area contributed by atoms with Crippen LogP contribution in [0.2, 0.25) is 0 Å².